The number of halogens is 1. The Labute approximate surface area is 198 Å². The fourth-order valence-corrected chi connectivity index (χ4v) is 5.97. The largest absolute Gasteiger partial charge is 0.478 e. The second kappa shape index (κ2) is 10.2. The number of hydrogen-bond donors (Lipinski definition) is 1. The van der Waals surface area contributed by atoms with Gasteiger partial charge in [0.05, 0.1) is 22.6 Å². The maximum atomic E-state index is 11.1. The Hall–Kier alpha value is -2.21. The molecule has 1 N–H and O–H groups in total. The minimum atomic E-state index is -0.930. The van der Waals surface area contributed by atoms with E-state index in [1.54, 1.807) is 35.6 Å². The van der Waals surface area contributed by atoms with Crippen molar-refractivity contribution in [2.75, 3.05) is 0 Å². The van der Waals surface area contributed by atoms with E-state index in [1.807, 2.05) is 29.9 Å². The summed E-state index contributed by atoms with van der Waals surface area (Å²) in [6, 6.07) is 12.8. The highest BCUT2D eigenvalue weighted by Crippen LogP contribution is 2.46. The third kappa shape index (κ3) is 4.75. The second-order valence-electron chi connectivity index (χ2n) is 8.42. The molecule has 6 heteroatoms. The molecule has 168 valence electrons. The zero-order valence-corrected chi connectivity index (χ0v) is 19.8. The lowest BCUT2D eigenvalue weighted by atomic mass is 9.74. The van der Waals surface area contributed by atoms with Crippen LogP contribution in [-0.2, 0) is 16.9 Å². The van der Waals surface area contributed by atoms with Crippen LogP contribution in [0.3, 0.4) is 0 Å². The lowest BCUT2D eigenvalue weighted by molar-refractivity contribution is -0.113. The van der Waals surface area contributed by atoms with Gasteiger partial charge in [-0.15, -0.1) is 11.3 Å². The predicted octanol–water partition coefficient (Wildman–Crippen LogP) is 7.56. The zero-order valence-electron chi connectivity index (χ0n) is 18.2. The summed E-state index contributed by atoms with van der Waals surface area (Å²) in [6.07, 6.45) is 9.06. The number of thiazole rings is 1. The summed E-state index contributed by atoms with van der Waals surface area (Å²) in [6.45, 7) is 2.65. The van der Waals surface area contributed by atoms with Crippen LogP contribution in [0, 0.1) is 5.92 Å². The van der Waals surface area contributed by atoms with Crippen LogP contribution >= 0.6 is 22.9 Å². The molecule has 1 aromatic heterocycles. The first-order valence-electron chi connectivity index (χ1n) is 11.2. The number of carboxylic acid groups (broad SMARTS) is 1. The molecule has 1 fully saturated rings. The maximum absolute atomic E-state index is 11.1. The molecule has 1 saturated carbocycles. The predicted molar refractivity (Wildman–Crippen MR) is 129 cm³/mol. The van der Waals surface area contributed by atoms with Gasteiger partial charge < -0.3 is 9.84 Å². The van der Waals surface area contributed by atoms with Crippen molar-refractivity contribution >= 4 is 28.9 Å². The van der Waals surface area contributed by atoms with Crippen molar-refractivity contribution in [3.63, 3.8) is 0 Å². The van der Waals surface area contributed by atoms with Gasteiger partial charge in [-0.1, -0.05) is 62.1 Å². The normalized spacial score (nSPS) is 16.6. The average Bonchev–Trinajstić information content (AvgIpc) is 3.37. The number of nitrogens with zero attached hydrogens (tertiary/aromatic N) is 1. The zero-order chi connectivity index (χ0) is 22.6. The Morgan fingerprint density at radius 1 is 1.16 bits per heavy atom. The van der Waals surface area contributed by atoms with E-state index >= 15 is 0 Å². The molecule has 1 atom stereocenters. The summed E-state index contributed by atoms with van der Waals surface area (Å²) < 4.78 is 6.74. The SMILES string of the molecule is CCC(OCc1ccc(-c2ccc(C(=O)O)cc2)cc1Cl)(c1cncs1)C1CCCCC1. The highest BCUT2D eigenvalue weighted by atomic mass is 35.5. The van der Waals surface area contributed by atoms with Gasteiger partial charge in [-0.3, -0.25) is 4.98 Å². The summed E-state index contributed by atoms with van der Waals surface area (Å²) in [5.41, 5.74) is 4.67. The second-order valence-corrected chi connectivity index (χ2v) is 9.71. The van der Waals surface area contributed by atoms with Gasteiger partial charge in [0.1, 0.15) is 5.60 Å². The lowest BCUT2D eigenvalue weighted by Crippen LogP contribution is -2.38. The van der Waals surface area contributed by atoms with Crippen molar-refractivity contribution in [1.82, 2.24) is 4.98 Å². The minimum Gasteiger partial charge on any atom is -0.478 e. The molecule has 3 aromatic rings. The van der Waals surface area contributed by atoms with Gasteiger partial charge in [0.15, 0.2) is 0 Å². The maximum Gasteiger partial charge on any atom is 0.335 e. The summed E-state index contributed by atoms with van der Waals surface area (Å²) >= 11 is 8.34. The molecule has 0 saturated heterocycles. The van der Waals surface area contributed by atoms with Crippen LogP contribution < -0.4 is 0 Å². The number of rotatable bonds is 8. The fraction of sp³-hybridized carbons (Fsp3) is 0.385. The summed E-state index contributed by atoms with van der Waals surface area (Å²) in [7, 11) is 0. The van der Waals surface area contributed by atoms with Crippen LogP contribution in [0.1, 0.15) is 66.2 Å². The molecular weight excluding hydrogens is 442 g/mol. The van der Waals surface area contributed by atoms with E-state index < -0.39 is 5.97 Å². The molecular formula is C26H28ClNO3S. The van der Waals surface area contributed by atoms with Gasteiger partial charge in [0.2, 0.25) is 0 Å². The van der Waals surface area contributed by atoms with Gasteiger partial charge in [-0.05, 0) is 60.1 Å². The monoisotopic (exact) mass is 469 g/mol. The highest BCUT2D eigenvalue weighted by molar-refractivity contribution is 7.09. The molecule has 2 aromatic carbocycles. The van der Waals surface area contributed by atoms with Crippen molar-refractivity contribution in [3.8, 4) is 11.1 Å². The summed E-state index contributed by atoms with van der Waals surface area (Å²) in [5.74, 6) is -0.437. The first-order valence-corrected chi connectivity index (χ1v) is 12.4. The van der Waals surface area contributed by atoms with Crippen LogP contribution in [0.25, 0.3) is 11.1 Å². The van der Waals surface area contributed by atoms with Crippen molar-refractivity contribution < 1.29 is 14.6 Å². The van der Waals surface area contributed by atoms with Crippen molar-refractivity contribution in [1.29, 1.82) is 0 Å². The molecule has 1 aliphatic rings. The topological polar surface area (TPSA) is 59.4 Å². The lowest BCUT2D eigenvalue weighted by Gasteiger charge is -2.41. The summed E-state index contributed by atoms with van der Waals surface area (Å²) in [4.78, 5) is 16.6. The molecule has 4 rings (SSSR count). The molecule has 0 aliphatic heterocycles. The Kier molecular flexibility index (Phi) is 7.29. The fourth-order valence-electron chi connectivity index (χ4n) is 4.80. The van der Waals surface area contributed by atoms with Crippen LogP contribution in [0.5, 0.6) is 0 Å². The molecule has 1 unspecified atom stereocenters. The molecule has 0 radical (unpaired) electrons. The number of carbonyl (C=O) groups is 1. The smallest absolute Gasteiger partial charge is 0.335 e. The first-order chi connectivity index (χ1) is 15.5. The van der Waals surface area contributed by atoms with Gasteiger partial charge in [-0.2, -0.15) is 0 Å². The van der Waals surface area contributed by atoms with Crippen molar-refractivity contribution in [3.05, 3.63) is 75.2 Å². The molecule has 1 heterocycles. The molecule has 0 spiro atoms. The molecule has 0 bridgehead atoms. The van der Waals surface area contributed by atoms with Crippen molar-refractivity contribution in [2.45, 2.75) is 57.7 Å². The van der Waals surface area contributed by atoms with Crippen molar-refractivity contribution in [2.24, 2.45) is 5.92 Å². The minimum absolute atomic E-state index is 0.270. The van der Waals surface area contributed by atoms with E-state index in [0.717, 1.165) is 23.1 Å². The number of aromatic carboxylic acids is 1. The molecule has 32 heavy (non-hydrogen) atoms. The van der Waals surface area contributed by atoms with E-state index in [9.17, 15) is 4.79 Å². The Morgan fingerprint density at radius 2 is 1.88 bits per heavy atom. The Morgan fingerprint density at radius 3 is 2.47 bits per heavy atom. The van der Waals surface area contributed by atoms with E-state index in [1.165, 1.54) is 37.0 Å². The number of ether oxygens (including phenoxy) is 1. The number of aromatic nitrogens is 1. The van der Waals surface area contributed by atoms with Gasteiger partial charge >= 0.3 is 5.97 Å². The third-order valence-electron chi connectivity index (χ3n) is 6.64. The van der Waals surface area contributed by atoms with Crippen LogP contribution in [-0.4, -0.2) is 16.1 Å². The number of hydrogen-bond acceptors (Lipinski definition) is 4. The molecule has 4 nitrogen and oxygen atoms in total. The van der Waals surface area contributed by atoms with Crippen LogP contribution in [0.4, 0.5) is 0 Å². The quantitative estimate of drug-likeness (QED) is 0.369. The van der Waals surface area contributed by atoms with E-state index in [-0.39, 0.29) is 11.2 Å². The van der Waals surface area contributed by atoms with Crippen LogP contribution in [0.15, 0.2) is 54.2 Å². The van der Waals surface area contributed by atoms with E-state index in [4.69, 9.17) is 21.4 Å². The average molecular weight is 470 g/mol. The van der Waals surface area contributed by atoms with E-state index in [2.05, 4.69) is 11.9 Å². The standard InChI is InChI=1S/C26H28ClNO3S/c1-2-26(24-15-28-17-32-24,22-6-4-3-5-7-22)31-16-21-13-12-20(14-23(21)27)18-8-10-19(11-9-18)25(29)30/h8-15,17,22H,2-7,16H2,1H3,(H,29,30). The number of carboxylic acids is 1. The van der Waals surface area contributed by atoms with Gasteiger partial charge in [-0.25, -0.2) is 4.79 Å². The van der Waals surface area contributed by atoms with E-state index in [0.29, 0.717) is 17.5 Å². The third-order valence-corrected chi connectivity index (χ3v) is 7.93. The van der Waals surface area contributed by atoms with Crippen LogP contribution in [0.2, 0.25) is 5.02 Å². The Bertz CT molecular complexity index is 1050. The summed E-state index contributed by atoms with van der Waals surface area (Å²) in [5, 5.41) is 9.75. The highest BCUT2D eigenvalue weighted by Gasteiger charge is 2.41. The van der Waals surface area contributed by atoms with Gasteiger partial charge in [0.25, 0.3) is 0 Å². The number of benzene rings is 2. The molecule has 1 aliphatic carbocycles. The van der Waals surface area contributed by atoms with Gasteiger partial charge in [0, 0.05) is 11.2 Å². The Balaban J connectivity index is 1.55. The first kappa shape index (κ1) is 23.0. The molecule has 0 amide bonds.